The second-order valence-electron chi connectivity index (χ2n) is 6.17. The number of ether oxygens (including phenoxy) is 1. The van der Waals surface area contributed by atoms with Crippen LogP contribution in [0.25, 0.3) is 11.3 Å². The van der Waals surface area contributed by atoms with Crippen LogP contribution < -0.4 is 16.5 Å². The van der Waals surface area contributed by atoms with E-state index in [1.807, 2.05) is 12.1 Å². The van der Waals surface area contributed by atoms with Crippen molar-refractivity contribution >= 4 is 23.6 Å². The van der Waals surface area contributed by atoms with E-state index in [0.29, 0.717) is 22.6 Å². The highest BCUT2D eigenvalue weighted by Crippen LogP contribution is 2.32. The molecular weight excluding hydrogens is 372 g/mol. The van der Waals surface area contributed by atoms with Gasteiger partial charge in [-0.3, -0.25) is 9.47 Å². The zero-order chi connectivity index (χ0) is 21.0. The summed E-state index contributed by atoms with van der Waals surface area (Å²) in [7, 11) is 1.22. The summed E-state index contributed by atoms with van der Waals surface area (Å²) in [6.45, 7) is 1.59. The Bertz CT molecular complexity index is 1060. The minimum absolute atomic E-state index is 0.0357. The van der Waals surface area contributed by atoms with Gasteiger partial charge in [-0.15, -0.1) is 0 Å². The number of carbonyl (C=O) groups is 3. The molecule has 0 bridgehead atoms. The lowest BCUT2D eigenvalue weighted by Crippen LogP contribution is -2.29. The molecule has 0 aliphatic carbocycles. The number of methoxy groups -OCH3 is 1. The van der Waals surface area contributed by atoms with Crippen LogP contribution in [0.4, 0.5) is 10.5 Å². The molecule has 0 saturated heterocycles. The van der Waals surface area contributed by atoms with Crippen molar-refractivity contribution in [3.8, 4) is 11.3 Å². The van der Waals surface area contributed by atoms with E-state index in [9.17, 15) is 14.4 Å². The molecule has 0 atom stereocenters. The summed E-state index contributed by atoms with van der Waals surface area (Å²) in [6, 6.07) is 16.9. The molecule has 148 valence electrons. The number of hydrogen-bond donors (Lipinski definition) is 3. The lowest BCUT2D eigenvalue weighted by molar-refractivity contribution is 0.0596. The van der Waals surface area contributed by atoms with Crippen LogP contribution in [0.2, 0.25) is 0 Å². The standard InChI is InChI=1S/C21H20N4O4/c1-13-16(20(27)29-2)17(19(26)23-15-11-7-4-8-12-15)18(25(13)24-21(22)28)14-9-5-3-6-10-14/h3-12H,1-2H3,(H,23,26)(H3,22,24,28). The van der Waals surface area contributed by atoms with Gasteiger partial charge in [-0.2, -0.15) is 0 Å². The van der Waals surface area contributed by atoms with Crippen molar-refractivity contribution < 1.29 is 19.1 Å². The number of amides is 3. The van der Waals surface area contributed by atoms with E-state index in [0.717, 1.165) is 0 Å². The van der Waals surface area contributed by atoms with Crippen molar-refractivity contribution in [3.63, 3.8) is 0 Å². The summed E-state index contributed by atoms with van der Waals surface area (Å²) in [5, 5.41) is 2.78. The van der Waals surface area contributed by atoms with E-state index in [2.05, 4.69) is 10.7 Å². The maximum Gasteiger partial charge on any atom is 0.340 e. The monoisotopic (exact) mass is 392 g/mol. The smallest absolute Gasteiger partial charge is 0.340 e. The van der Waals surface area contributed by atoms with Crippen molar-refractivity contribution in [3.05, 3.63) is 77.5 Å². The maximum atomic E-state index is 13.2. The Morgan fingerprint density at radius 1 is 0.931 bits per heavy atom. The zero-order valence-electron chi connectivity index (χ0n) is 15.9. The molecule has 2 aromatic carbocycles. The lowest BCUT2D eigenvalue weighted by atomic mass is 10.0. The first kappa shape index (κ1) is 19.7. The number of benzene rings is 2. The van der Waals surface area contributed by atoms with Crippen molar-refractivity contribution in [2.75, 3.05) is 17.9 Å². The minimum Gasteiger partial charge on any atom is -0.465 e. The average Bonchev–Trinajstić information content (AvgIpc) is 3.00. The number of hydrogen-bond acceptors (Lipinski definition) is 4. The molecule has 3 aromatic rings. The molecule has 0 aliphatic rings. The molecule has 4 N–H and O–H groups in total. The third kappa shape index (κ3) is 3.96. The van der Waals surface area contributed by atoms with Crippen LogP contribution in [0.1, 0.15) is 26.4 Å². The third-order valence-corrected chi connectivity index (χ3v) is 4.33. The van der Waals surface area contributed by atoms with Gasteiger partial charge in [0.25, 0.3) is 5.91 Å². The fraction of sp³-hybridized carbons (Fsp3) is 0.0952. The molecule has 8 nitrogen and oxygen atoms in total. The van der Waals surface area contributed by atoms with E-state index >= 15 is 0 Å². The lowest BCUT2D eigenvalue weighted by Gasteiger charge is -2.13. The molecule has 0 saturated carbocycles. The summed E-state index contributed by atoms with van der Waals surface area (Å²) >= 11 is 0. The molecule has 8 heteroatoms. The highest BCUT2D eigenvalue weighted by Gasteiger charge is 2.31. The van der Waals surface area contributed by atoms with Gasteiger partial charge in [0, 0.05) is 11.3 Å². The highest BCUT2D eigenvalue weighted by atomic mass is 16.5. The molecule has 0 unspecified atom stereocenters. The van der Waals surface area contributed by atoms with Crippen LogP contribution in [-0.2, 0) is 4.74 Å². The maximum absolute atomic E-state index is 13.2. The summed E-state index contributed by atoms with van der Waals surface area (Å²) < 4.78 is 6.21. The van der Waals surface area contributed by atoms with Gasteiger partial charge in [-0.25, -0.2) is 15.0 Å². The normalized spacial score (nSPS) is 10.3. The summed E-state index contributed by atoms with van der Waals surface area (Å²) in [5.74, 6) is -1.23. The summed E-state index contributed by atoms with van der Waals surface area (Å²) in [4.78, 5) is 37.4. The van der Waals surface area contributed by atoms with E-state index in [1.54, 1.807) is 55.5 Å². The first-order valence-electron chi connectivity index (χ1n) is 8.76. The van der Waals surface area contributed by atoms with Gasteiger partial charge in [0.05, 0.1) is 29.6 Å². The topological polar surface area (TPSA) is 115 Å². The number of nitrogens with zero attached hydrogens (tertiary/aromatic N) is 1. The van der Waals surface area contributed by atoms with Crippen molar-refractivity contribution in [2.45, 2.75) is 6.92 Å². The minimum atomic E-state index is -0.841. The molecule has 3 rings (SSSR count). The van der Waals surface area contributed by atoms with Gasteiger partial charge < -0.3 is 15.8 Å². The van der Waals surface area contributed by atoms with Gasteiger partial charge in [-0.1, -0.05) is 48.5 Å². The van der Waals surface area contributed by atoms with Gasteiger partial charge in [-0.05, 0) is 19.1 Å². The van der Waals surface area contributed by atoms with E-state index in [4.69, 9.17) is 10.5 Å². The summed E-state index contributed by atoms with van der Waals surface area (Å²) in [6.07, 6.45) is 0. The molecule has 29 heavy (non-hydrogen) atoms. The SMILES string of the molecule is COC(=O)c1c(C(=O)Nc2ccccc2)c(-c2ccccc2)n(NC(N)=O)c1C. The molecule has 3 amide bonds. The number of rotatable bonds is 5. The number of nitrogens with one attached hydrogen (secondary N) is 2. The van der Waals surface area contributed by atoms with Gasteiger partial charge in [0.1, 0.15) is 0 Å². The van der Waals surface area contributed by atoms with E-state index in [-0.39, 0.29) is 11.1 Å². The zero-order valence-corrected chi connectivity index (χ0v) is 15.9. The second-order valence-corrected chi connectivity index (χ2v) is 6.17. The Morgan fingerprint density at radius 3 is 2.07 bits per heavy atom. The molecule has 1 aromatic heterocycles. The predicted octanol–water partition coefficient (Wildman–Crippen LogP) is 3.12. The quantitative estimate of drug-likeness (QED) is 0.579. The number of para-hydroxylation sites is 1. The number of nitrogens with two attached hydrogens (primary N) is 1. The Hall–Kier alpha value is -4.07. The molecule has 0 fully saturated rings. The molecular formula is C21H20N4O4. The Morgan fingerprint density at radius 2 is 1.52 bits per heavy atom. The fourth-order valence-corrected chi connectivity index (χ4v) is 3.10. The molecule has 1 heterocycles. The number of urea groups is 1. The molecule has 0 spiro atoms. The van der Waals surface area contributed by atoms with E-state index < -0.39 is 17.9 Å². The number of esters is 1. The van der Waals surface area contributed by atoms with Crippen LogP contribution in [0.3, 0.4) is 0 Å². The largest absolute Gasteiger partial charge is 0.465 e. The van der Waals surface area contributed by atoms with Gasteiger partial charge in [0.15, 0.2) is 0 Å². The van der Waals surface area contributed by atoms with Crippen LogP contribution in [0.5, 0.6) is 0 Å². The van der Waals surface area contributed by atoms with Crippen LogP contribution in [0, 0.1) is 6.92 Å². The average molecular weight is 392 g/mol. The summed E-state index contributed by atoms with van der Waals surface area (Å²) in [5.41, 5.74) is 9.68. The number of primary amides is 1. The number of carbonyl (C=O) groups excluding carboxylic acids is 3. The van der Waals surface area contributed by atoms with Gasteiger partial charge >= 0.3 is 12.0 Å². The van der Waals surface area contributed by atoms with Crippen molar-refractivity contribution in [1.82, 2.24) is 4.68 Å². The fourth-order valence-electron chi connectivity index (χ4n) is 3.10. The first-order valence-corrected chi connectivity index (χ1v) is 8.76. The Balaban J connectivity index is 2.26. The number of aromatic nitrogens is 1. The number of anilines is 1. The molecule has 0 aliphatic heterocycles. The van der Waals surface area contributed by atoms with Gasteiger partial charge in [0.2, 0.25) is 0 Å². The Kier molecular flexibility index (Phi) is 5.64. The highest BCUT2D eigenvalue weighted by molar-refractivity contribution is 6.15. The molecule has 0 radical (unpaired) electrons. The predicted molar refractivity (Wildman–Crippen MR) is 109 cm³/mol. The van der Waals surface area contributed by atoms with Crippen LogP contribution in [-0.4, -0.2) is 29.7 Å². The van der Waals surface area contributed by atoms with Crippen molar-refractivity contribution in [2.24, 2.45) is 5.73 Å². The van der Waals surface area contributed by atoms with E-state index in [1.165, 1.54) is 11.8 Å². The third-order valence-electron chi connectivity index (χ3n) is 4.33. The van der Waals surface area contributed by atoms with Crippen LogP contribution in [0.15, 0.2) is 60.7 Å². The van der Waals surface area contributed by atoms with Crippen LogP contribution >= 0.6 is 0 Å². The van der Waals surface area contributed by atoms with Crippen molar-refractivity contribution in [1.29, 1.82) is 0 Å². The Labute approximate surface area is 167 Å². The first-order chi connectivity index (χ1) is 13.9. The second kappa shape index (κ2) is 8.30.